The summed E-state index contributed by atoms with van der Waals surface area (Å²) >= 11 is 11.8. The number of anilines is 2. The Morgan fingerprint density at radius 1 is 0.967 bits per heavy atom. The lowest BCUT2D eigenvalue weighted by atomic mass is 10.1. The number of carbonyl (C=O) groups is 1. The molecule has 0 heterocycles. The summed E-state index contributed by atoms with van der Waals surface area (Å²) in [7, 11) is -2.34. The lowest BCUT2D eigenvalue weighted by Crippen LogP contribution is -2.16. The zero-order chi connectivity index (χ0) is 21.7. The third kappa shape index (κ3) is 5.31. The van der Waals surface area contributed by atoms with Crippen molar-refractivity contribution in [3.63, 3.8) is 0 Å². The van der Waals surface area contributed by atoms with E-state index in [-0.39, 0.29) is 32.1 Å². The van der Waals surface area contributed by atoms with E-state index in [9.17, 15) is 13.2 Å². The Morgan fingerprint density at radius 3 is 2.47 bits per heavy atom. The minimum Gasteiger partial charge on any atom is -0.380 e. The number of hydrogen-bond acceptors (Lipinski definition) is 4. The molecule has 3 aromatic rings. The number of sulfonamides is 1. The van der Waals surface area contributed by atoms with Crippen molar-refractivity contribution in [2.75, 3.05) is 17.1 Å². The number of methoxy groups -OCH3 is 1. The van der Waals surface area contributed by atoms with Crippen LogP contribution in [0, 0.1) is 0 Å². The maximum absolute atomic E-state index is 12.7. The highest BCUT2D eigenvalue weighted by molar-refractivity contribution is 7.92. The molecule has 0 spiro atoms. The van der Waals surface area contributed by atoms with Gasteiger partial charge in [0, 0.05) is 29.6 Å². The average Bonchev–Trinajstić information content (AvgIpc) is 2.71. The second kappa shape index (κ2) is 9.49. The molecule has 0 aromatic heterocycles. The van der Waals surface area contributed by atoms with E-state index < -0.39 is 10.0 Å². The Morgan fingerprint density at radius 2 is 1.73 bits per heavy atom. The number of rotatable bonds is 7. The second-order valence-corrected chi connectivity index (χ2v) is 8.80. The highest BCUT2D eigenvalue weighted by atomic mass is 35.5. The molecule has 30 heavy (non-hydrogen) atoms. The lowest BCUT2D eigenvalue weighted by Gasteiger charge is -2.12. The third-order valence-corrected chi connectivity index (χ3v) is 6.26. The molecular formula is C21H18Cl2N2O4S. The van der Waals surface area contributed by atoms with Crippen molar-refractivity contribution in [3.05, 3.63) is 87.9 Å². The summed E-state index contributed by atoms with van der Waals surface area (Å²) < 4.78 is 32.8. The van der Waals surface area contributed by atoms with Gasteiger partial charge in [-0.2, -0.15) is 0 Å². The van der Waals surface area contributed by atoms with Crippen LogP contribution in [0.1, 0.15) is 15.9 Å². The Labute approximate surface area is 184 Å². The number of nitrogens with one attached hydrogen (secondary N) is 2. The molecule has 0 radical (unpaired) electrons. The highest BCUT2D eigenvalue weighted by Gasteiger charge is 2.17. The van der Waals surface area contributed by atoms with E-state index in [1.807, 2.05) is 12.1 Å². The first-order chi connectivity index (χ1) is 14.3. The molecule has 6 nitrogen and oxygen atoms in total. The SMILES string of the molecule is COCc1ccccc1NC(=O)c1cccc(NS(=O)(=O)c2ccc(Cl)c(Cl)c2)c1. The van der Waals surface area contributed by atoms with Gasteiger partial charge in [-0.3, -0.25) is 9.52 Å². The molecule has 9 heteroatoms. The van der Waals surface area contributed by atoms with Crippen LogP contribution in [-0.2, 0) is 21.4 Å². The van der Waals surface area contributed by atoms with Gasteiger partial charge in [-0.15, -0.1) is 0 Å². The van der Waals surface area contributed by atoms with Gasteiger partial charge in [-0.05, 0) is 42.5 Å². The van der Waals surface area contributed by atoms with Crippen LogP contribution in [0.3, 0.4) is 0 Å². The van der Waals surface area contributed by atoms with Crippen molar-refractivity contribution in [2.45, 2.75) is 11.5 Å². The summed E-state index contributed by atoms with van der Waals surface area (Å²) in [4.78, 5) is 12.6. The van der Waals surface area contributed by atoms with E-state index >= 15 is 0 Å². The van der Waals surface area contributed by atoms with Crippen molar-refractivity contribution in [3.8, 4) is 0 Å². The Kier molecular flexibility index (Phi) is 6.99. The summed E-state index contributed by atoms with van der Waals surface area (Å²) in [5.74, 6) is -0.380. The standard InChI is InChI=1S/C21H18Cl2N2O4S/c1-29-13-15-5-2-3-8-20(15)24-21(26)14-6-4-7-16(11-14)25-30(27,28)17-9-10-18(22)19(23)12-17/h2-12,25H,13H2,1H3,(H,24,26). The van der Waals surface area contributed by atoms with Gasteiger partial charge in [0.25, 0.3) is 15.9 Å². The number of para-hydroxylation sites is 1. The molecule has 0 aliphatic carbocycles. The molecule has 0 fully saturated rings. The van der Waals surface area contributed by atoms with Crippen LogP contribution in [0.5, 0.6) is 0 Å². The minimum absolute atomic E-state index is 0.0414. The molecule has 0 unspecified atom stereocenters. The summed E-state index contributed by atoms with van der Waals surface area (Å²) in [5.41, 5.74) is 1.96. The van der Waals surface area contributed by atoms with Crippen molar-refractivity contribution in [2.24, 2.45) is 0 Å². The van der Waals surface area contributed by atoms with E-state index in [2.05, 4.69) is 10.0 Å². The van der Waals surface area contributed by atoms with Crippen molar-refractivity contribution in [1.29, 1.82) is 0 Å². The Bertz CT molecular complexity index is 1180. The fourth-order valence-corrected chi connectivity index (χ4v) is 4.14. The van der Waals surface area contributed by atoms with Crippen molar-refractivity contribution >= 4 is 50.5 Å². The Hall–Kier alpha value is -2.58. The minimum atomic E-state index is -3.91. The van der Waals surface area contributed by atoms with Gasteiger partial charge in [-0.25, -0.2) is 8.42 Å². The van der Waals surface area contributed by atoms with Crippen LogP contribution in [0.15, 0.2) is 71.6 Å². The quantitative estimate of drug-likeness (QED) is 0.503. The fraction of sp³-hybridized carbons (Fsp3) is 0.0952. The van der Waals surface area contributed by atoms with Gasteiger partial charge in [0.2, 0.25) is 0 Å². The van der Waals surface area contributed by atoms with Crippen LogP contribution >= 0.6 is 23.2 Å². The van der Waals surface area contributed by atoms with Gasteiger partial charge >= 0.3 is 0 Å². The van der Waals surface area contributed by atoms with Gasteiger partial charge in [0.05, 0.1) is 21.5 Å². The number of ether oxygens (including phenoxy) is 1. The molecule has 0 bridgehead atoms. The number of hydrogen-bond donors (Lipinski definition) is 2. The molecule has 0 saturated heterocycles. The maximum Gasteiger partial charge on any atom is 0.261 e. The van der Waals surface area contributed by atoms with Crippen LogP contribution in [0.25, 0.3) is 0 Å². The first kappa shape index (κ1) is 22.1. The van der Waals surface area contributed by atoms with Gasteiger partial charge in [0.1, 0.15) is 0 Å². The molecule has 0 atom stereocenters. The molecule has 1 amide bonds. The summed E-state index contributed by atoms with van der Waals surface area (Å²) in [6, 6.07) is 17.4. The van der Waals surface area contributed by atoms with Gasteiger partial charge in [0.15, 0.2) is 0 Å². The van der Waals surface area contributed by atoms with Crippen LogP contribution in [0.2, 0.25) is 10.0 Å². The molecule has 0 saturated carbocycles. The molecule has 3 rings (SSSR count). The first-order valence-corrected chi connectivity index (χ1v) is 11.0. The van der Waals surface area contributed by atoms with Crippen LogP contribution in [-0.4, -0.2) is 21.4 Å². The number of carbonyl (C=O) groups excluding carboxylic acids is 1. The van der Waals surface area contributed by atoms with Crippen LogP contribution in [0.4, 0.5) is 11.4 Å². The van der Waals surface area contributed by atoms with E-state index in [0.717, 1.165) is 5.56 Å². The maximum atomic E-state index is 12.7. The monoisotopic (exact) mass is 464 g/mol. The third-order valence-electron chi connectivity index (χ3n) is 4.14. The zero-order valence-electron chi connectivity index (χ0n) is 15.9. The zero-order valence-corrected chi connectivity index (χ0v) is 18.2. The highest BCUT2D eigenvalue weighted by Crippen LogP contribution is 2.26. The molecule has 3 aromatic carbocycles. The normalized spacial score (nSPS) is 11.2. The number of benzene rings is 3. The largest absolute Gasteiger partial charge is 0.380 e. The molecule has 156 valence electrons. The molecule has 0 aliphatic rings. The topological polar surface area (TPSA) is 84.5 Å². The molecule has 0 aliphatic heterocycles. The average molecular weight is 465 g/mol. The van der Waals surface area contributed by atoms with E-state index in [1.54, 1.807) is 37.4 Å². The van der Waals surface area contributed by atoms with E-state index in [1.165, 1.54) is 24.3 Å². The van der Waals surface area contributed by atoms with E-state index in [4.69, 9.17) is 27.9 Å². The smallest absolute Gasteiger partial charge is 0.261 e. The summed E-state index contributed by atoms with van der Waals surface area (Å²) in [5, 5.41) is 3.20. The predicted molar refractivity (Wildman–Crippen MR) is 119 cm³/mol. The van der Waals surface area contributed by atoms with Crippen molar-refractivity contribution < 1.29 is 17.9 Å². The van der Waals surface area contributed by atoms with E-state index in [0.29, 0.717) is 12.3 Å². The molecular weight excluding hydrogens is 447 g/mol. The van der Waals surface area contributed by atoms with Gasteiger partial charge < -0.3 is 10.1 Å². The summed E-state index contributed by atoms with van der Waals surface area (Å²) in [6.07, 6.45) is 0. The number of amides is 1. The fourth-order valence-electron chi connectivity index (χ4n) is 2.70. The summed E-state index contributed by atoms with van der Waals surface area (Å²) in [6.45, 7) is 0.347. The van der Waals surface area contributed by atoms with Gasteiger partial charge in [-0.1, -0.05) is 47.5 Å². The predicted octanol–water partition coefficient (Wildman–Crippen LogP) is 5.19. The number of halogens is 2. The Balaban J connectivity index is 1.80. The first-order valence-electron chi connectivity index (χ1n) is 8.76. The molecule has 2 N–H and O–H groups in total. The second-order valence-electron chi connectivity index (χ2n) is 6.31. The lowest BCUT2D eigenvalue weighted by molar-refractivity contribution is 0.102. The van der Waals surface area contributed by atoms with Crippen LogP contribution < -0.4 is 10.0 Å². The van der Waals surface area contributed by atoms with Crippen molar-refractivity contribution in [1.82, 2.24) is 0 Å².